The van der Waals surface area contributed by atoms with Gasteiger partial charge in [0.15, 0.2) is 0 Å². The van der Waals surface area contributed by atoms with Crippen molar-refractivity contribution in [3.63, 3.8) is 0 Å². The third-order valence-electron chi connectivity index (χ3n) is 2.12. The fourth-order valence-electron chi connectivity index (χ4n) is 1.28. The Kier molecular flexibility index (Phi) is 2.05. The summed E-state index contributed by atoms with van der Waals surface area (Å²) < 4.78 is 36.4. The number of halogens is 3. The van der Waals surface area contributed by atoms with Crippen LogP contribution in [-0.2, 0) is 0 Å². The number of nitrogens with one attached hydrogen (secondary N) is 1. The van der Waals surface area contributed by atoms with E-state index in [0.717, 1.165) is 0 Å². The van der Waals surface area contributed by atoms with Gasteiger partial charge in [0.05, 0.1) is 5.92 Å². The molecular weight excluding hydrogens is 195 g/mol. The lowest BCUT2D eigenvalue weighted by Crippen LogP contribution is -2.17. The zero-order valence-corrected chi connectivity index (χ0v) is 7.12. The second-order valence-electron chi connectivity index (χ2n) is 3.24. The zero-order valence-electron chi connectivity index (χ0n) is 7.12. The first-order valence-corrected chi connectivity index (χ1v) is 4.18. The molecule has 0 aromatic carbocycles. The van der Waals surface area contributed by atoms with Crippen molar-refractivity contribution in [2.24, 2.45) is 5.92 Å². The summed E-state index contributed by atoms with van der Waals surface area (Å²) in [5.41, 5.74) is 0. The Hall–Kier alpha value is -1.33. The summed E-state index contributed by atoms with van der Waals surface area (Å²) in [5.74, 6) is -0.839. The van der Waals surface area contributed by atoms with Gasteiger partial charge in [-0.1, -0.05) is 0 Å². The van der Waals surface area contributed by atoms with E-state index in [1.807, 2.05) is 0 Å². The van der Waals surface area contributed by atoms with Crippen molar-refractivity contribution in [2.75, 3.05) is 5.32 Å². The van der Waals surface area contributed by atoms with Crippen molar-refractivity contribution in [3.8, 4) is 0 Å². The van der Waals surface area contributed by atoms with E-state index in [1.54, 1.807) is 12.1 Å². The predicted molar refractivity (Wildman–Crippen MR) is 43.6 cm³/mol. The van der Waals surface area contributed by atoms with Crippen LogP contribution in [0, 0.1) is 5.92 Å². The molecule has 1 saturated carbocycles. The lowest BCUT2D eigenvalue weighted by Gasteiger charge is -2.06. The highest BCUT2D eigenvalue weighted by Crippen LogP contribution is 2.45. The summed E-state index contributed by atoms with van der Waals surface area (Å²) in [5, 5.41) is 9.88. The van der Waals surface area contributed by atoms with Gasteiger partial charge in [0.1, 0.15) is 5.82 Å². The molecule has 0 amide bonds. The summed E-state index contributed by atoms with van der Waals surface area (Å²) in [4.78, 5) is 0. The van der Waals surface area contributed by atoms with Crippen LogP contribution in [-0.4, -0.2) is 22.4 Å². The number of alkyl halides is 3. The standard InChI is InChI=1S/C8H8F3N3/c9-8(10,11)5-4-6(5)13-7-2-1-3-12-14-7/h1-3,5-6H,4H2,(H,13,14)/t5-,6-/m1/s1. The summed E-state index contributed by atoms with van der Waals surface area (Å²) in [6.07, 6.45) is -2.50. The number of anilines is 1. The topological polar surface area (TPSA) is 37.8 Å². The molecule has 0 spiro atoms. The normalized spacial score (nSPS) is 25.9. The first-order valence-electron chi connectivity index (χ1n) is 4.18. The molecule has 2 atom stereocenters. The minimum absolute atomic E-state index is 0.125. The maximum atomic E-state index is 12.1. The quantitative estimate of drug-likeness (QED) is 0.796. The Morgan fingerprint density at radius 2 is 2.21 bits per heavy atom. The molecule has 0 unspecified atom stereocenters. The zero-order chi connectivity index (χ0) is 10.2. The molecule has 0 saturated heterocycles. The fourth-order valence-corrected chi connectivity index (χ4v) is 1.28. The van der Waals surface area contributed by atoms with Crippen molar-refractivity contribution >= 4 is 5.82 Å². The molecule has 76 valence electrons. The molecular formula is C8H8F3N3. The number of hydrogen-bond donors (Lipinski definition) is 1. The van der Waals surface area contributed by atoms with E-state index < -0.39 is 18.1 Å². The van der Waals surface area contributed by atoms with E-state index in [0.29, 0.717) is 5.82 Å². The van der Waals surface area contributed by atoms with E-state index in [4.69, 9.17) is 0 Å². The summed E-state index contributed by atoms with van der Waals surface area (Å²) in [6.45, 7) is 0. The van der Waals surface area contributed by atoms with Gasteiger partial charge in [-0.2, -0.15) is 18.3 Å². The molecule has 2 rings (SSSR count). The minimum atomic E-state index is -4.10. The predicted octanol–water partition coefficient (Wildman–Crippen LogP) is 1.84. The number of aromatic nitrogens is 2. The van der Waals surface area contributed by atoms with Gasteiger partial charge in [0.25, 0.3) is 0 Å². The highest BCUT2D eigenvalue weighted by Gasteiger charge is 2.55. The maximum Gasteiger partial charge on any atom is 0.393 e. The van der Waals surface area contributed by atoms with E-state index in [-0.39, 0.29) is 6.42 Å². The van der Waals surface area contributed by atoms with Crippen LogP contribution >= 0.6 is 0 Å². The molecule has 1 aromatic heterocycles. The number of rotatable bonds is 2. The van der Waals surface area contributed by atoms with E-state index in [9.17, 15) is 13.2 Å². The Bertz CT molecular complexity index is 311. The van der Waals surface area contributed by atoms with Crippen LogP contribution in [0.5, 0.6) is 0 Å². The molecule has 1 N–H and O–H groups in total. The molecule has 0 aliphatic heterocycles. The molecule has 1 aliphatic carbocycles. The molecule has 1 aliphatic rings. The summed E-state index contributed by atoms with van der Waals surface area (Å²) >= 11 is 0. The number of hydrogen-bond acceptors (Lipinski definition) is 3. The van der Waals surface area contributed by atoms with Gasteiger partial charge in [-0.05, 0) is 18.6 Å². The number of nitrogens with zero attached hydrogens (tertiary/aromatic N) is 2. The van der Waals surface area contributed by atoms with E-state index >= 15 is 0 Å². The summed E-state index contributed by atoms with van der Waals surface area (Å²) in [6, 6.07) is 2.69. The second-order valence-corrected chi connectivity index (χ2v) is 3.24. The van der Waals surface area contributed by atoms with Crippen LogP contribution < -0.4 is 5.32 Å². The molecule has 3 nitrogen and oxygen atoms in total. The molecule has 0 bridgehead atoms. The van der Waals surface area contributed by atoms with Crippen LogP contribution in [0.3, 0.4) is 0 Å². The Morgan fingerprint density at radius 3 is 2.71 bits per heavy atom. The average Bonchev–Trinajstić information content (AvgIpc) is 2.85. The molecule has 6 heteroatoms. The third-order valence-corrected chi connectivity index (χ3v) is 2.12. The molecule has 14 heavy (non-hydrogen) atoms. The van der Waals surface area contributed by atoms with Gasteiger partial charge in [-0.3, -0.25) is 0 Å². The van der Waals surface area contributed by atoms with Crippen molar-refractivity contribution < 1.29 is 13.2 Å². The molecule has 1 fully saturated rings. The van der Waals surface area contributed by atoms with Gasteiger partial charge < -0.3 is 5.32 Å². The Labute approximate surface area is 78.3 Å². The fraction of sp³-hybridized carbons (Fsp3) is 0.500. The van der Waals surface area contributed by atoms with Crippen molar-refractivity contribution in [1.29, 1.82) is 0 Å². The highest BCUT2D eigenvalue weighted by atomic mass is 19.4. The van der Waals surface area contributed by atoms with Crippen LogP contribution in [0.4, 0.5) is 19.0 Å². The van der Waals surface area contributed by atoms with Crippen molar-refractivity contribution in [2.45, 2.75) is 18.6 Å². The first kappa shape index (κ1) is 9.23. The van der Waals surface area contributed by atoms with E-state index in [2.05, 4.69) is 15.5 Å². The third kappa shape index (κ3) is 1.94. The van der Waals surface area contributed by atoms with Crippen LogP contribution in [0.15, 0.2) is 18.3 Å². The maximum absolute atomic E-state index is 12.1. The molecule has 0 radical (unpaired) electrons. The Balaban J connectivity index is 1.91. The Morgan fingerprint density at radius 1 is 1.43 bits per heavy atom. The summed E-state index contributed by atoms with van der Waals surface area (Å²) in [7, 11) is 0. The van der Waals surface area contributed by atoms with Crippen LogP contribution in [0.25, 0.3) is 0 Å². The van der Waals surface area contributed by atoms with Gasteiger partial charge in [-0.25, -0.2) is 0 Å². The van der Waals surface area contributed by atoms with Gasteiger partial charge in [0.2, 0.25) is 0 Å². The van der Waals surface area contributed by atoms with Gasteiger partial charge in [-0.15, -0.1) is 5.10 Å². The van der Waals surface area contributed by atoms with Crippen molar-refractivity contribution in [3.05, 3.63) is 18.3 Å². The molecule has 1 heterocycles. The monoisotopic (exact) mass is 203 g/mol. The lowest BCUT2D eigenvalue weighted by molar-refractivity contribution is -0.147. The van der Waals surface area contributed by atoms with Gasteiger partial charge >= 0.3 is 6.18 Å². The second kappa shape index (κ2) is 3.11. The van der Waals surface area contributed by atoms with Crippen LogP contribution in [0.2, 0.25) is 0 Å². The average molecular weight is 203 g/mol. The first-order chi connectivity index (χ1) is 6.57. The van der Waals surface area contributed by atoms with Gasteiger partial charge in [0, 0.05) is 12.2 Å². The smallest absolute Gasteiger partial charge is 0.365 e. The SMILES string of the molecule is FC(F)(F)[C@@H]1C[C@H]1Nc1cccnn1. The highest BCUT2D eigenvalue weighted by molar-refractivity contribution is 5.35. The van der Waals surface area contributed by atoms with Crippen molar-refractivity contribution in [1.82, 2.24) is 10.2 Å². The molecule has 1 aromatic rings. The largest absolute Gasteiger partial charge is 0.393 e. The minimum Gasteiger partial charge on any atom is -0.365 e. The van der Waals surface area contributed by atoms with E-state index in [1.165, 1.54) is 6.20 Å². The van der Waals surface area contributed by atoms with Crippen LogP contribution in [0.1, 0.15) is 6.42 Å². The lowest BCUT2D eigenvalue weighted by atomic mass is 10.4.